The van der Waals surface area contributed by atoms with Crippen LogP contribution in [0.15, 0.2) is 28.7 Å². The van der Waals surface area contributed by atoms with E-state index in [2.05, 4.69) is 33.8 Å². The van der Waals surface area contributed by atoms with Gasteiger partial charge in [-0.15, -0.1) is 10.2 Å². The van der Waals surface area contributed by atoms with Crippen LogP contribution in [0, 0.1) is 6.92 Å². The first-order valence-electron chi connectivity index (χ1n) is 8.15. The minimum Gasteiger partial charge on any atom is -0.419 e. The number of aliphatic hydroxyl groups excluding tert-OH is 1. The average molecular weight is 316 g/mol. The number of rotatable bonds is 5. The Morgan fingerprint density at radius 3 is 2.48 bits per heavy atom. The maximum atomic E-state index is 9.01. The first kappa shape index (κ1) is 16.1. The summed E-state index contributed by atoms with van der Waals surface area (Å²) in [5, 5.41) is 17.4. The molecule has 0 radical (unpaired) electrons. The Morgan fingerprint density at radius 1 is 1.13 bits per heavy atom. The van der Waals surface area contributed by atoms with E-state index in [1.165, 1.54) is 5.56 Å². The third kappa shape index (κ3) is 3.77. The van der Waals surface area contributed by atoms with Gasteiger partial charge in [-0.2, -0.15) is 0 Å². The summed E-state index contributed by atoms with van der Waals surface area (Å²) < 4.78 is 5.88. The second-order valence-electron chi connectivity index (χ2n) is 6.09. The van der Waals surface area contributed by atoms with Crippen LogP contribution in [0.2, 0.25) is 0 Å². The molecule has 0 bridgehead atoms. The molecule has 0 unspecified atom stereocenters. The Morgan fingerprint density at radius 2 is 1.83 bits per heavy atom. The molecule has 1 saturated heterocycles. The predicted octanol–water partition coefficient (Wildman–Crippen LogP) is 1.72. The number of benzene rings is 1. The number of aromatic nitrogens is 2. The smallest absolute Gasteiger partial charge is 0.247 e. The van der Waals surface area contributed by atoms with Crippen LogP contribution in [-0.2, 0) is 0 Å². The number of hydrogen-bond donors (Lipinski definition) is 1. The molecule has 6 nitrogen and oxygen atoms in total. The summed E-state index contributed by atoms with van der Waals surface area (Å²) in [6.45, 7) is 8.95. The van der Waals surface area contributed by atoms with Crippen molar-refractivity contribution in [3.05, 3.63) is 35.7 Å². The van der Waals surface area contributed by atoms with Crippen LogP contribution in [0.4, 0.5) is 0 Å². The van der Waals surface area contributed by atoms with Crippen molar-refractivity contribution in [1.82, 2.24) is 20.0 Å². The van der Waals surface area contributed by atoms with E-state index in [0.29, 0.717) is 11.8 Å². The fourth-order valence-electron chi connectivity index (χ4n) is 2.89. The molecule has 1 aromatic carbocycles. The van der Waals surface area contributed by atoms with E-state index in [-0.39, 0.29) is 12.6 Å². The lowest BCUT2D eigenvalue weighted by Gasteiger charge is -2.36. The molecule has 6 heteroatoms. The van der Waals surface area contributed by atoms with Gasteiger partial charge in [0.25, 0.3) is 0 Å². The Kier molecular flexibility index (Phi) is 5.05. The van der Waals surface area contributed by atoms with Gasteiger partial charge in [-0.05, 0) is 26.0 Å². The summed E-state index contributed by atoms with van der Waals surface area (Å²) in [4.78, 5) is 4.62. The fraction of sp³-hybridized carbons (Fsp3) is 0.529. The summed E-state index contributed by atoms with van der Waals surface area (Å²) >= 11 is 0. The van der Waals surface area contributed by atoms with Crippen LogP contribution in [0.3, 0.4) is 0 Å². The molecule has 0 saturated carbocycles. The maximum absolute atomic E-state index is 9.01. The second kappa shape index (κ2) is 7.21. The van der Waals surface area contributed by atoms with Crippen molar-refractivity contribution in [1.29, 1.82) is 0 Å². The van der Waals surface area contributed by atoms with E-state index in [0.717, 1.165) is 38.3 Å². The molecule has 0 amide bonds. The molecule has 23 heavy (non-hydrogen) atoms. The maximum Gasteiger partial charge on any atom is 0.247 e. The lowest BCUT2D eigenvalue weighted by Crippen LogP contribution is -2.47. The van der Waals surface area contributed by atoms with Gasteiger partial charge in [0.15, 0.2) is 0 Å². The molecule has 1 N–H and O–H groups in total. The molecule has 1 atom stereocenters. The van der Waals surface area contributed by atoms with Crippen molar-refractivity contribution < 1.29 is 9.52 Å². The molecular formula is C17H24N4O2. The Labute approximate surface area is 136 Å². The van der Waals surface area contributed by atoms with Gasteiger partial charge in [0.2, 0.25) is 11.8 Å². The number of nitrogens with zero attached hydrogens (tertiary/aromatic N) is 4. The van der Waals surface area contributed by atoms with Gasteiger partial charge in [-0.1, -0.05) is 17.7 Å². The van der Waals surface area contributed by atoms with Crippen molar-refractivity contribution in [2.24, 2.45) is 0 Å². The van der Waals surface area contributed by atoms with E-state index in [9.17, 15) is 0 Å². The lowest BCUT2D eigenvalue weighted by atomic mass is 10.1. The molecule has 3 rings (SSSR count). The Bertz CT molecular complexity index is 618. The molecule has 1 aromatic heterocycles. The van der Waals surface area contributed by atoms with E-state index >= 15 is 0 Å². The highest BCUT2D eigenvalue weighted by molar-refractivity contribution is 5.52. The largest absolute Gasteiger partial charge is 0.419 e. The zero-order valence-corrected chi connectivity index (χ0v) is 13.8. The zero-order chi connectivity index (χ0) is 16.2. The van der Waals surface area contributed by atoms with Crippen LogP contribution >= 0.6 is 0 Å². The van der Waals surface area contributed by atoms with Gasteiger partial charge >= 0.3 is 0 Å². The van der Waals surface area contributed by atoms with Crippen LogP contribution in [0.25, 0.3) is 11.5 Å². The van der Waals surface area contributed by atoms with Gasteiger partial charge < -0.3 is 9.52 Å². The number of hydrogen-bond acceptors (Lipinski definition) is 6. The number of aliphatic hydroxyl groups is 1. The molecule has 1 fully saturated rings. The summed E-state index contributed by atoms with van der Waals surface area (Å²) in [5.41, 5.74) is 2.16. The van der Waals surface area contributed by atoms with Gasteiger partial charge in [0.05, 0.1) is 12.6 Å². The van der Waals surface area contributed by atoms with Crippen LogP contribution < -0.4 is 0 Å². The highest BCUT2D eigenvalue weighted by Gasteiger charge is 2.25. The summed E-state index contributed by atoms with van der Waals surface area (Å²) in [6.07, 6.45) is 0. The van der Waals surface area contributed by atoms with Gasteiger partial charge in [-0.3, -0.25) is 9.80 Å². The molecule has 124 valence electrons. The monoisotopic (exact) mass is 316 g/mol. The third-order valence-corrected chi connectivity index (χ3v) is 4.47. The first-order valence-corrected chi connectivity index (χ1v) is 8.15. The summed E-state index contributed by atoms with van der Waals surface area (Å²) in [7, 11) is 0. The van der Waals surface area contributed by atoms with Crippen molar-refractivity contribution in [3.8, 4) is 11.5 Å². The zero-order valence-electron chi connectivity index (χ0n) is 13.8. The number of β-amino-alcohol motifs (C(OH)–C–C–N with tert-alkyl or cyclic N) is 1. The lowest BCUT2D eigenvalue weighted by molar-refractivity contribution is 0.0802. The van der Waals surface area contributed by atoms with E-state index in [1.807, 2.05) is 24.3 Å². The van der Waals surface area contributed by atoms with E-state index in [1.54, 1.807) is 0 Å². The summed E-state index contributed by atoms with van der Waals surface area (Å²) in [5.74, 6) is 1.24. The van der Waals surface area contributed by atoms with E-state index < -0.39 is 0 Å². The molecule has 1 aliphatic heterocycles. The molecular weight excluding hydrogens is 292 g/mol. The topological polar surface area (TPSA) is 65.6 Å². The molecule has 0 aliphatic carbocycles. The van der Waals surface area contributed by atoms with Gasteiger partial charge in [0.1, 0.15) is 0 Å². The number of aryl methyl sites for hydroxylation is 1. The van der Waals surface area contributed by atoms with Crippen molar-refractivity contribution in [3.63, 3.8) is 0 Å². The Hall–Kier alpha value is -1.76. The molecule has 1 aliphatic rings. The number of piperazine rings is 1. The van der Waals surface area contributed by atoms with Gasteiger partial charge in [-0.25, -0.2) is 0 Å². The second-order valence-corrected chi connectivity index (χ2v) is 6.09. The fourth-order valence-corrected chi connectivity index (χ4v) is 2.89. The Balaban J connectivity index is 1.65. The molecule has 2 heterocycles. The minimum absolute atomic E-state index is 0.109. The van der Waals surface area contributed by atoms with E-state index in [4.69, 9.17) is 9.52 Å². The highest BCUT2D eigenvalue weighted by atomic mass is 16.4. The summed E-state index contributed by atoms with van der Waals surface area (Å²) in [6, 6.07) is 8.21. The van der Waals surface area contributed by atoms with Crippen molar-refractivity contribution in [2.75, 3.05) is 39.3 Å². The SMILES string of the molecule is Cc1ccc(-c2nnc([C@@H](C)N3CCN(CCO)CC3)o2)cc1. The average Bonchev–Trinajstić information content (AvgIpc) is 3.06. The van der Waals surface area contributed by atoms with Crippen molar-refractivity contribution in [2.45, 2.75) is 19.9 Å². The third-order valence-electron chi connectivity index (χ3n) is 4.47. The minimum atomic E-state index is 0.109. The predicted molar refractivity (Wildman–Crippen MR) is 88.0 cm³/mol. The van der Waals surface area contributed by atoms with Crippen LogP contribution in [0.5, 0.6) is 0 Å². The highest BCUT2D eigenvalue weighted by Crippen LogP contribution is 2.24. The van der Waals surface area contributed by atoms with Crippen LogP contribution in [0.1, 0.15) is 24.4 Å². The molecule has 2 aromatic rings. The normalized spacial score (nSPS) is 18.2. The first-order chi connectivity index (χ1) is 11.2. The van der Waals surface area contributed by atoms with Crippen molar-refractivity contribution >= 4 is 0 Å². The van der Waals surface area contributed by atoms with Gasteiger partial charge in [0, 0.05) is 38.3 Å². The molecule has 0 spiro atoms. The quantitative estimate of drug-likeness (QED) is 0.906. The van der Waals surface area contributed by atoms with Crippen LogP contribution in [-0.4, -0.2) is 64.4 Å². The standard InChI is InChI=1S/C17H24N4O2/c1-13-3-5-15(6-4-13)17-19-18-16(23-17)14(2)21-9-7-20(8-10-21)11-12-22/h3-6,14,22H,7-12H2,1-2H3/t14-/m1/s1.